The van der Waals surface area contributed by atoms with Gasteiger partial charge in [0.25, 0.3) is 0 Å². The highest BCUT2D eigenvalue weighted by Gasteiger charge is 2.53. The first-order chi connectivity index (χ1) is 6.71. The van der Waals surface area contributed by atoms with Crippen molar-refractivity contribution in [3.8, 4) is 0 Å². The highest BCUT2D eigenvalue weighted by Crippen LogP contribution is 2.69. The fourth-order valence-electron chi connectivity index (χ4n) is 2.09. The van der Waals surface area contributed by atoms with E-state index in [-0.39, 0.29) is 0 Å². The first-order valence-corrected chi connectivity index (χ1v) is 7.09. The summed E-state index contributed by atoms with van der Waals surface area (Å²) in [4.78, 5) is 0. The summed E-state index contributed by atoms with van der Waals surface area (Å²) in [5, 5.41) is 3.86. The van der Waals surface area contributed by atoms with E-state index in [1.165, 1.54) is 0 Å². The van der Waals surface area contributed by atoms with E-state index < -0.39 is 7.14 Å². The van der Waals surface area contributed by atoms with Crippen molar-refractivity contribution in [2.75, 3.05) is 0 Å². The molecule has 0 N–H and O–H groups in total. The Morgan fingerprint density at radius 1 is 1.36 bits per heavy atom. The molecule has 3 nitrogen and oxygen atoms in total. The number of aryl methyl sites for hydroxylation is 1. The molecule has 0 amide bonds. The molecule has 0 aliphatic heterocycles. The number of rotatable bonds is 3. The minimum absolute atomic E-state index is 0.419. The van der Waals surface area contributed by atoms with E-state index in [2.05, 4.69) is 5.16 Å². The lowest BCUT2D eigenvalue weighted by Gasteiger charge is -2.12. The SMILES string of the molecule is Cc1cc(P(=O)(C2CC2)C2CC2)on1. The molecule has 14 heavy (non-hydrogen) atoms. The lowest BCUT2D eigenvalue weighted by molar-refractivity contribution is 0.435. The van der Waals surface area contributed by atoms with E-state index in [0.29, 0.717) is 16.8 Å². The molecule has 0 unspecified atom stereocenters. The lowest BCUT2D eigenvalue weighted by Crippen LogP contribution is -2.09. The average molecular weight is 211 g/mol. The Balaban J connectivity index is 2.02. The van der Waals surface area contributed by atoms with Crippen molar-refractivity contribution < 1.29 is 9.09 Å². The van der Waals surface area contributed by atoms with Gasteiger partial charge in [0.05, 0.1) is 5.69 Å². The van der Waals surface area contributed by atoms with Crippen LogP contribution in [0.25, 0.3) is 0 Å². The minimum Gasteiger partial charge on any atom is -0.353 e. The third kappa shape index (κ3) is 1.18. The number of hydrogen-bond acceptors (Lipinski definition) is 3. The van der Waals surface area contributed by atoms with Gasteiger partial charge < -0.3 is 9.09 Å². The Morgan fingerprint density at radius 3 is 2.29 bits per heavy atom. The van der Waals surface area contributed by atoms with Crippen LogP contribution in [0.3, 0.4) is 0 Å². The molecule has 0 aromatic carbocycles. The molecular weight excluding hydrogens is 197 g/mol. The molecule has 76 valence electrons. The first-order valence-electron chi connectivity index (χ1n) is 5.24. The maximum Gasteiger partial charge on any atom is 0.196 e. The zero-order valence-corrected chi connectivity index (χ0v) is 9.17. The fourth-order valence-corrected chi connectivity index (χ4v) is 5.79. The fraction of sp³-hybridized carbons (Fsp3) is 0.700. The molecule has 1 aromatic rings. The van der Waals surface area contributed by atoms with Gasteiger partial charge in [0.1, 0.15) is 0 Å². The molecule has 3 rings (SSSR count). The summed E-state index contributed by atoms with van der Waals surface area (Å²) in [7, 11) is -2.20. The molecular formula is C10H14NO2P. The van der Waals surface area contributed by atoms with Crippen LogP contribution in [-0.4, -0.2) is 16.5 Å². The number of nitrogens with zero attached hydrogens (tertiary/aromatic N) is 1. The maximum atomic E-state index is 12.8. The van der Waals surface area contributed by atoms with E-state index >= 15 is 0 Å². The summed E-state index contributed by atoms with van der Waals surface area (Å²) in [6.45, 7) is 1.89. The third-order valence-corrected chi connectivity index (χ3v) is 7.24. The van der Waals surface area contributed by atoms with E-state index in [4.69, 9.17) is 4.52 Å². The van der Waals surface area contributed by atoms with Gasteiger partial charge in [0.2, 0.25) is 0 Å². The Bertz CT molecular complexity index is 388. The molecule has 0 atom stereocenters. The molecule has 1 aromatic heterocycles. The molecule has 4 heteroatoms. The third-order valence-electron chi connectivity index (χ3n) is 3.14. The molecule has 2 aliphatic carbocycles. The van der Waals surface area contributed by atoms with Gasteiger partial charge in [-0.3, -0.25) is 0 Å². The largest absolute Gasteiger partial charge is 0.353 e. The van der Waals surface area contributed by atoms with Gasteiger partial charge in [0.15, 0.2) is 12.6 Å². The minimum atomic E-state index is -2.20. The molecule has 2 saturated carbocycles. The highest BCUT2D eigenvalue weighted by atomic mass is 31.2. The highest BCUT2D eigenvalue weighted by molar-refractivity contribution is 7.73. The smallest absolute Gasteiger partial charge is 0.196 e. The predicted octanol–water partition coefficient (Wildman–Crippen LogP) is 2.30. The van der Waals surface area contributed by atoms with Crippen molar-refractivity contribution in [1.29, 1.82) is 0 Å². The molecule has 0 saturated heterocycles. The van der Waals surface area contributed by atoms with Crippen LogP contribution in [0.15, 0.2) is 10.6 Å². The monoisotopic (exact) mass is 211 g/mol. The lowest BCUT2D eigenvalue weighted by atomic mass is 10.5. The molecule has 0 radical (unpaired) electrons. The van der Waals surface area contributed by atoms with Crippen LogP contribution in [0, 0.1) is 6.92 Å². The topological polar surface area (TPSA) is 43.1 Å². The van der Waals surface area contributed by atoms with Crippen LogP contribution < -0.4 is 5.50 Å². The van der Waals surface area contributed by atoms with Crippen LogP contribution in [-0.2, 0) is 4.57 Å². The van der Waals surface area contributed by atoms with E-state index in [1.807, 2.05) is 13.0 Å². The Morgan fingerprint density at radius 2 is 1.93 bits per heavy atom. The van der Waals surface area contributed by atoms with Crippen molar-refractivity contribution in [1.82, 2.24) is 5.16 Å². The van der Waals surface area contributed by atoms with Crippen LogP contribution in [0.1, 0.15) is 31.4 Å². The normalized spacial score (nSPS) is 22.6. The summed E-state index contributed by atoms with van der Waals surface area (Å²) >= 11 is 0. The van der Waals surface area contributed by atoms with Crippen LogP contribution in [0.2, 0.25) is 0 Å². The number of hydrogen-bond donors (Lipinski definition) is 0. The summed E-state index contributed by atoms with van der Waals surface area (Å²) in [6, 6.07) is 1.87. The second-order valence-electron chi connectivity index (χ2n) is 4.48. The van der Waals surface area contributed by atoms with E-state index in [1.54, 1.807) is 0 Å². The zero-order valence-electron chi connectivity index (χ0n) is 8.27. The van der Waals surface area contributed by atoms with Gasteiger partial charge in [-0.1, -0.05) is 5.16 Å². The van der Waals surface area contributed by atoms with Gasteiger partial charge in [-0.25, -0.2) is 0 Å². The maximum absolute atomic E-state index is 12.8. The van der Waals surface area contributed by atoms with Gasteiger partial charge in [-0.2, -0.15) is 0 Å². The van der Waals surface area contributed by atoms with Gasteiger partial charge >= 0.3 is 0 Å². The summed E-state index contributed by atoms with van der Waals surface area (Å²) < 4.78 is 18.0. The van der Waals surface area contributed by atoms with Crippen LogP contribution in [0.5, 0.6) is 0 Å². The molecule has 2 aliphatic rings. The quantitative estimate of drug-likeness (QED) is 0.720. The van der Waals surface area contributed by atoms with Crippen molar-refractivity contribution in [3.05, 3.63) is 11.8 Å². The Labute approximate surface area is 83.2 Å². The zero-order chi connectivity index (χ0) is 9.76. The Kier molecular flexibility index (Phi) is 1.70. The first kappa shape index (κ1) is 8.72. The van der Waals surface area contributed by atoms with Gasteiger partial charge in [-0.15, -0.1) is 0 Å². The molecule has 2 fully saturated rings. The van der Waals surface area contributed by atoms with E-state index in [9.17, 15) is 4.57 Å². The van der Waals surface area contributed by atoms with Crippen molar-refractivity contribution in [3.63, 3.8) is 0 Å². The predicted molar refractivity (Wildman–Crippen MR) is 54.5 cm³/mol. The van der Waals surface area contributed by atoms with Gasteiger partial charge in [-0.05, 0) is 32.6 Å². The molecule has 0 spiro atoms. The second-order valence-corrected chi connectivity index (χ2v) is 7.80. The van der Waals surface area contributed by atoms with Crippen LogP contribution >= 0.6 is 7.14 Å². The summed E-state index contributed by atoms with van der Waals surface area (Å²) in [5.41, 5.74) is 2.38. The van der Waals surface area contributed by atoms with Gasteiger partial charge in [0, 0.05) is 17.4 Å². The van der Waals surface area contributed by atoms with Crippen molar-refractivity contribution >= 4 is 12.6 Å². The molecule has 0 bridgehead atoms. The molecule has 1 heterocycles. The summed E-state index contributed by atoms with van der Waals surface area (Å²) in [5.74, 6) is 0. The summed E-state index contributed by atoms with van der Waals surface area (Å²) in [6.07, 6.45) is 4.47. The second kappa shape index (κ2) is 2.73. The average Bonchev–Trinajstić information content (AvgIpc) is 3.01. The van der Waals surface area contributed by atoms with Crippen LogP contribution in [0.4, 0.5) is 0 Å². The number of aromatic nitrogens is 1. The van der Waals surface area contributed by atoms with Crippen molar-refractivity contribution in [2.45, 2.75) is 43.9 Å². The Hall–Kier alpha value is -0.560. The standard InChI is InChI=1S/C10H14NO2P/c1-7-6-10(13-11-7)14(12,8-2-3-8)9-4-5-9/h6,8-9H,2-5H2,1H3. The van der Waals surface area contributed by atoms with Crippen molar-refractivity contribution in [2.24, 2.45) is 0 Å². The van der Waals surface area contributed by atoms with E-state index in [0.717, 1.165) is 31.4 Å².